The molecule has 456 valence electrons. The standard InChI is InChI=1S/C55H65ClN10O19/c1-3-55(81)31-16-36-46-29(21-66(36)52(78)30(31)23-84-53(55)79)45-32(10-9-27-14-28(56)15-34(64-46)44(27)45)62-43(72)24-83-25-61-41(70)19-60-51(77)35(13-26-7-5-4-6-8-26)63-42(71)20-58-40(69)18-59-50(76)33(65-54(80)82-2)11-12-39(68)57-17-37-47(73)49(75)48(74)38(22-67)85-37/h4-8,14-16,32-33,35,37-38,47-49,67,73-75,81H,3,9-13,17-25H2,1-2H3,(H,57,68)(H,58,69)(H,59,76)(H,60,77)(H,61,70)(H,62,72)(H,63,71)(H,65,80)/t32-,33-,35-,37-,38+,47-,48+,49+,55-/m0/s1. The summed E-state index contributed by atoms with van der Waals surface area (Å²) in [5.74, 6) is -6.18. The number of aliphatic hydroxyl groups is 5. The van der Waals surface area contributed by atoms with Crippen molar-refractivity contribution in [2.45, 2.75) is 113 Å². The van der Waals surface area contributed by atoms with E-state index in [1.807, 2.05) is 6.07 Å². The van der Waals surface area contributed by atoms with E-state index in [0.29, 0.717) is 45.9 Å². The normalized spacial score (nSPS) is 21.5. The number of halogens is 1. The summed E-state index contributed by atoms with van der Waals surface area (Å²) >= 11 is 6.54. The number of pyridine rings is 2. The highest BCUT2D eigenvalue weighted by molar-refractivity contribution is 6.31. The van der Waals surface area contributed by atoms with Gasteiger partial charge in [-0.25, -0.2) is 14.6 Å². The number of benzene rings is 2. The summed E-state index contributed by atoms with van der Waals surface area (Å²) in [6, 6.07) is 10.4. The van der Waals surface area contributed by atoms with E-state index < -0.39 is 153 Å². The van der Waals surface area contributed by atoms with Crippen LogP contribution in [0.4, 0.5) is 4.79 Å². The lowest BCUT2D eigenvalue weighted by Crippen LogP contribution is -2.60. The number of methoxy groups -OCH3 is 1. The highest BCUT2D eigenvalue weighted by Gasteiger charge is 2.47. The predicted octanol–water partition coefficient (Wildman–Crippen LogP) is -3.53. The monoisotopic (exact) mass is 1200 g/mol. The van der Waals surface area contributed by atoms with E-state index in [9.17, 15) is 73.5 Å². The van der Waals surface area contributed by atoms with Gasteiger partial charge in [-0.1, -0.05) is 48.9 Å². The third-order valence-corrected chi connectivity index (χ3v) is 15.3. The Hall–Kier alpha value is -8.16. The average molecular weight is 1210 g/mol. The summed E-state index contributed by atoms with van der Waals surface area (Å²) in [4.78, 5) is 135. The van der Waals surface area contributed by atoms with Crippen LogP contribution in [0.25, 0.3) is 22.3 Å². The van der Waals surface area contributed by atoms with Gasteiger partial charge < -0.3 is 91.6 Å². The summed E-state index contributed by atoms with van der Waals surface area (Å²) in [6.45, 7) is -2.52. The molecule has 29 nitrogen and oxygen atoms in total. The molecule has 85 heavy (non-hydrogen) atoms. The van der Waals surface area contributed by atoms with Crippen molar-refractivity contribution in [3.63, 3.8) is 0 Å². The summed E-state index contributed by atoms with van der Waals surface area (Å²) < 4.78 is 22.2. The molecule has 13 N–H and O–H groups in total. The van der Waals surface area contributed by atoms with Crippen LogP contribution in [0.1, 0.15) is 72.0 Å². The molecule has 1 aliphatic carbocycles. The molecule has 2 aromatic carbocycles. The summed E-state index contributed by atoms with van der Waals surface area (Å²) in [5, 5.41) is 71.9. The minimum atomic E-state index is -2.03. The quantitative estimate of drug-likeness (QED) is 0.0162. The van der Waals surface area contributed by atoms with Gasteiger partial charge in [0, 0.05) is 40.9 Å². The fourth-order valence-corrected chi connectivity index (χ4v) is 10.8. The molecular weight excluding hydrogens is 1140 g/mol. The van der Waals surface area contributed by atoms with Crippen LogP contribution in [-0.4, -0.2) is 184 Å². The number of rotatable bonds is 24. The van der Waals surface area contributed by atoms with Crippen LogP contribution in [-0.2, 0) is 88.9 Å². The molecule has 1 fully saturated rings. The van der Waals surface area contributed by atoms with E-state index in [1.165, 1.54) is 4.57 Å². The van der Waals surface area contributed by atoms with Gasteiger partial charge in [-0.05, 0) is 60.6 Å². The molecule has 30 heteroatoms. The second kappa shape index (κ2) is 27.7. The number of aliphatic hydroxyl groups excluding tert-OH is 4. The van der Waals surface area contributed by atoms with Gasteiger partial charge in [-0.2, -0.15) is 0 Å². The molecule has 1 saturated heterocycles. The maximum absolute atomic E-state index is 14.0. The Morgan fingerprint density at radius 2 is 1.52 bits per heavy atom. The number of amides is 8. The van der Waals surface area contributed by atoms with Gasteiger partial charge in [-0.3, -0.25) is 38.4 Å². The minimum absolute atomic E-state index is 0.0357. The van der Waals surface area contributed by atoms with E-state index in [2.05, 4.69) is 47.3 Å². The van der Waals surface area contributed by atoms with Crippen LogP contribution in [0, 0.1) is 0 Å². The van der Waals surface area contributed by atoms with Crippen LogP contribution in [0.5, 0.6) is 0 Å². The molecule has 4 aromatic rings. The number of esters is 1. The topological polar surface area (TPSA) is 423 Å². The van der Waals surface area contributed by atoms with Gasteiger partial charge >= 0.3 is 12.1 Å². The zero-order valence-electron chi connectivity index (χ0n) is 46.1. The Labute approximate surface area is 488 Å². The summed E-state index contributed by atoms with van der Waals surface area (Å²) in [7, 11) is 1.03. The third kappa shape index (κ3) is 14.5. The molecule has 3 aliphatic heterocycles. The van der Waals surface area contributed by atoms with Crippen molar-refractivity contribution in [1.82, 2.24) is 52.1 Å². The number of hydrogen-bond acceptors (Lipinski definition) is 20. The number of cyclic esters (lactones) is 1. The van der Waals surface area contributed by atoms with Crippen molar-refractivity contribution >= 4 is 75.9 Å². The van der Waals surface area contributed by atoms with Gasteiger partial charge in [0.2, 0.25) is 41.4 Å². The zero-order chi connectivity index (χ0) is 61.3. The first-order valence-electron chi connectivity index (χ1n) is 27.2. The number of fused-ring (bicyclic) bond motifs is 5. The van der Waals surface area contributed by atoms with Crippen molar-refractivity contribution in [3.8, 4) is 11.4 Å². The first-order valence-corrected chi connectivity index (χ1v) is 27.5. The number of carbonyl (C=O) groups is 9. The molecule has 0 bridgehead atoms. The number of nitrogens with one attached hydrogen (secondary N) is 8. The van der Waals surface area contributed by atoms with Gasteiger partial charge in [0.25, 0.3) is 5.56 Å². The largest absolute Gasteiger partial charge is 0.458 e. The lowest BCUT2D eigenvalue weighted by atomic mass is 9.83. The number of ether oxygens (including phenoxy) is 4. The molecule has 0 radical (unpaired) electrons. The summed E-state index contributed by atoms with van der Waals surface area (Å²) in [6.07, 6.45) is -8.13. The van der Waals surface area contributed by atoms with Gasteiger partial charge in [-0.15, -0.1) is 0 Å². The van der Waals surface area contributed by atoms with Gasteiger partial charge in [0.1, 0.15) is 62.5 Å². The number of aryl methyl sites for hydroxylation is 1. The predicted molar refractivity (Wildman–Crippen MR) is 294 cm³/mol. The Kier molecular flexibility index (Phi) is 20.5. The third-order valence-electron chi connectivity index (χ3n) is 15.0. The number of hydrogen-bond donors (Lipinski definition) is 13. The Morgan fingerprint density at radius 1 is 0.824 bits per heavy atom. The van der Waals surface area contributed by atoms with Crippen molar-refractivity contribution in [1.29, 1.82) is 0 Å². The Balaban J connectivity index is 0.792. The van der Waals surface area contributed by atoms with Crippen LogP contribution in [0.2, 0.25) is 5.02 Å². The lowest BCUT2D eigenvalue weighted by Gasteiger charge is -2.40. The van der Waals surface area contributed by atoms with Crippen LogP contribution in [0.15, 0.2) is 53.3 Å². The van der Waals surface area contributed by atoms with Crippen LogP contribution in [0.3, 0.4) is 0 Å². The van der Waals surface area contributed by atoms with E-state index in [1.54, 1.807) is 49.4 Å². The summed E-state index contributed by atoms with van der Waals surface area (Å²) in [5.41, 5.74) is 2.09. The maximum Gasteiger partial charge on any atom is 0.407 e. The number of alkyl carbamates (subject to hydrolysis) is 1. The molecule has 0 spiro atoms. The highest BCUT2D eigenvalue weighted by atomic mass is 35.5. The lowest BCUT2D eigenvalue weighted by molar-refractivity contribution is -0.227. The fourth-order valence-electron chi connectivity index (χ4n) is 10.6. The average Bonchev–Trinajstić information content (AvgIpc) is 1.67. The number of aromatic nitrogens is 2. The first kappa shape index (κ1) is 62.9. The van der Waals surface area contributed by atoms with Gasteiger partial charge in [0.05, 0.1) is 68.4 Å². The molecule has 0 unspecified atom stereocenters. The first-order chi connectivity index (χ1) is 40.6. The van der Waals surface area contributed by atoms with E-state index in [0.717, 1.165) is 23.6 Å². The number of nitrogens with zero attached hydrogens (tertiary/aromatic N) is 2. The van der Waals surface area contributed by atoms with E-state index in [-0.39, 0.29) is 56.5 Å². The van der Waals surface area contributed by atoms with Gasteiger partial charge in [0.15, 0.2) is 5.60 Å². The zero-order valence-corrected chi connectivity index (χ0v) is 46.8. The second-order valence-corrected chi connectivity index (χ2v) is 21.0. The van der Waals surface area contributed by atoms with Crippen molar-refractivity contribution in [2.24, 2.45) is 0 Å². The molecule has 9 atom stereocenters. The number of carbonyl (C=O) groups excluding carboxylic acids is 9. The highest BCUT2D eigenvalue weighted by Crippen LogP contribution is 2.45. The van der Waals surface area contributed by atoms with Crippen molar-refractivity contribution in [3.05, 3.63) is 97.3 Å². The van der Waals surface area contributed by atoms with Crippen molar-refractivity contribution < 1.29 is 87.6 Å². The molecule has 2 aromatic heterocycles. The maximum atomic E-state index is 14.0. The molecule has 0 saturated carbocycles. The minimum Gasteiger partial charge on any atom is -0.458 e. The van der Waals surface area contributed by atoms with Crippen molar-refractivity contribution in [2.75, 3.05) is 53.2 Å². The molecular formula is C55H65ClN10O19. The van der Waals surface area contributed by atoms with E-state index in [4.69, 9.17) is 30.8 Å². The molecule has 8 rings (SSSR count). The second-order valence-electron chi connectivity index (χ2n) is 20.6. The Bertz CT molecular complexity index is 3310. The molecule has 8 amide bonds. The smallest absolute Gasteiger partial charge is 0.407 e. The van der Waals surface area contributed by atoms with Crippen LogP contribution >= 0.6 is 11.6 Å². The van der Waals surface area contributed by atoms with E-state index >= 15 is 0 Å². The fraction of sp³-hybridized carbons (Fsp3) is 0.473. The van der Waals surface area contributed by atoms with Crippen LogP contribution < -0.4 is 48.1 Å². The molecule has 5 heterocycles. The SMILES string of the molecule is CC[C@@]1(O)C(=O)OCc2c1cc1n(c2=O)Cc2c-1nc1cc(Cl)cc3c1c2[C@@H](NC(=O)COCNC(=O)CNC(=O)[C@H](Cc1ccccc1)NC(=O)CNC(=O)CNC(=O)[C@H](CCC(=O)NC[C@@H]1O[C@H](CO)[C@@H](O)[C@H](O)[C@H]1O)NC(=O)OC)CC3. The Morgan fingerprint density at radius 3 is 2.22 bits per heavy atom. The molecule has 4 aliphatic rings.